The highest BCUT2D eigenvalue weighted by Crippen LogP contribution is 2.01. The summed E-state index contributed by atoms with van der Waals surface area (Å²) in [7, 11) is 1.74. The maximum absolute atomic E-state index is 11.6. The molecular formula is C11H12N4O2. The molecule has 0 aliphatic heterocycles. The molecule has 2 aromatic heterocycles. The van der Waals surface area contributed by atoms with E-state index in [-0.39, 0.29) is 5.91 Å². The van der Waals surface area contributed by atoms with Crippen LogP contribution in [0.2, 0.25) is 0 Å². The number of nitrogens with one attached hydrogen (secondary N) is 1. The van der Waals surface area contributed by atoms with Crippen molar-refractivity contribution in [1.82, 2.24) is 15.2 Å². The standard InChI is InChI=1S/C11H12N4O2/c1-8(10-4-3-7-17-10)12-13-11(16)9-5-6-15(2)14-9/h3-7H,1-2H3,(H,13,16)/b12-8+. The molecule has 0 spiro atoms. The fraction of sp³-hybridized carbons (Fsp3) is 0.182. The Balaban J connectivity index is 2.03. The first-order chi connectivity index (χ1) is 8.16. The summed E-state index contributed by atoms with van der Waals surface area (Å²) in [6, 6.07) is 5.15. The van der Waals surface area contributed by atoms with Crippen molar-refractivity contribution < 1.29 is 9.21 Å². The van der Waals surface area contributed by atoms with Crippen LogP contribution in [0.3, 0.4) is 0 Å². The number of rotatable bonds is 3. The molecule has 0 radical (unpaired) electrons. The van der Waals surface area contributed by atoms with Gasteiger partial charge in [-0.2, -0.15) is 10.2 Å². The minimum atomic E-state index is -0.350. The van der Waals surface area contributed by atoms with E-state index in [1.165, 1.54) is 0 Å². The molecule has 0 saturated carbocycles. The molecule has 0 atom stereocenters. The van der Waals surface area contributed by atoms with E-state index >= 15 is 0 Å². The number of nitrogens with zero attached hydrogens (tertiary/aromatic N) is 3. The van der Waals surface area contributed by atoms with E-state index < -0.39 is 0 Å². The first kappa shape index (κ1) is 11.1. The van der Waals surface area contributed by atoms with Gasteiger partial charge in [-0.3, -0.25) is 9.48 Å². The van der Waals surface area contributed by atoms with E-state index in [9.17, 15) is 4.79 Å². The maximum Gasteiger partial charge on any atom is 0.291 e. The van der Waals surface area contributed by atoms with Gasteiger partial charge in [0.15, 0.2) is 5.69 Å². The van der Waals surface area contributed by atoms with Gasteiger partial charge in [0.2, 0.25) is 0 Å². The molecule has 0 aliphatic rings. The molecule has 6 heteroatoms. The van der Waals surface area contributed by atoms with Crippen LogP contribution < -0.4 is 5.43 Å². The van der Waals surface area contributed by atoms with Gasteiger partial charge >= 0.3 is 0 Å². The molecule has 88 valence electrons. The highest BCUT2D eigenvalue weighted by molar-refractivity contribution is 5.98. The monoisotopic (exact) mass is 232 g/mol. The molecule has 2 heterocycles. The second-order valence-electron chi connectivity index (χ2n) is 3.49. The summed E-state index contributed by atoms with van der Waals surface area (Å²) in [6.07, 6.45) is 3.24. The van der Waals surface area contributed by atoms with Crippen molar-refractivity contribution in [1.29, 1.82) is 0 Å². The number of aryl methyl sites for hydroxylation is 1. The molecule has 6 nitrogen and oxygen atoms in total. The Hall–Kier alpha value is -2.37. The molecule has 0 bridgehead atoms. The van der Waals surface area contributed by atoms with Gasteiger partial charge < -0.3 is 4.42 Å². The van der Waals surface area contributed by atoms with E-state index in [1.54, 1.807) is 49.3 Å². The number of furan rings is 1. The fourth-order valence-corrected chi connectivity index (χ4v) is 1.27. The number of hydrogen-bond donors (Lipinski definition) is 1. The van der Waals surface area contributed by atoms with Crippen molar-refractivity contribution in [3.63, 3.8) is 0 Å². The predicted molar refractivity (Wildman–Crippen MR) is 61.6 cm³/mol. The summed E-state index contributed by atoms with van der Waals surface area (Å²) in [4.78, 5) is 11.6. The van der Waals surface area contributed by atoms with E-state index in [0.29, 0.717) is 17.2 Å². The van der Waals surface area contributed by atoms with Gasteiger partial charge in [-0.05, 0) is 25.1 Å². The summed E-state index contributed by atoms with van der Waals surface area (Å²) in [5.41, 5.74) is 3.33. The van der Waals surface area contributed by atoms with Gasteiger partial charge in [0.25, 0.3) is 5.91 Å². The summed E-state index contributed by atoms with van der Waals surface area (Å²) in [6.45, 7) is 1.75. The quantitative estimate of drug-likeness (QED) is 0.637. The Morgan fingerprint density at radius 3 is 2.94 bits per heavy atom. The number of aromatic nitrogens is 2. The lowest BCUT2D eigenvalue weighted by Crippen LogP contribution is -2.20. The zero-order chi connectivity index (χ0) is 12.3. The van der Waals surface area contributed by atoms with Crippen molar-refractivity contribution in [2.24, 2.45) is 12.1 Å². The van der Waals surface area contributed by atoms with Crippen LogP contribution in [0.25, 0.3) is 0 Å². The average molecular weight is 232 g/mol. The number of carbonyl (C=O) groups excluding carboxylic acids is 1. The summed E-state index contributed by atoms with van der Waals surface area (Å²) in [5, 5.41) is 7.89. The normalized spacial score (nSPS) is 11.5. The zero-order valence-corrected chi connectivity index (χ0v) is 9.54. The SMILES string of the molecule is C/C(=N\NC(=O)c1ccn(C)n1)c1ccco1. The summed E-state index contributed by atoms with van der Waals surface area (Å²) < 4.78 is 6.69. The highest BCUT2D eigenvalue weighted by atomic mass is 16.3. The molecule has 0 saturated heterocycles. The third-order valence-electron chi connectivity index (χ3n) is 2.15. The first-order valence-corrected chi connectivity index (χ1v) is 5.05. The third-order valence-corrected chi connectivity index (χ3v) is 2.15. The van der Waals surface area contributed by atoms with E-state index in [0.717, 1.165) is 0 Å². The largest absolute Gasteiger partial charge is 0.463 e. The molecule has 17 heavy (non-hydrogen) atoms. The van der Waals surface area contributed by atoms with Gasteiger partial charge in [0, 0.05) is 13.2 Å². The molecule has 0 fully saturated rings. The minimum Gasteiger partial charge on any atom is -0.463 e. The molecule has 1 amide bonds. The van der Waals surface area contributed by atoms with Crippen molar-refractivity contribution >= 4 is 11.6 Å². The highest BCUT2D eigenvalue weighted by Gasteiger charge is 2.08. The average Bonchev–Trinajstić information content (AvgIpc) is 2.95. The van der Waals surface area contributed by atoms with E-state index in [4.69, 9.17) is 4.42 Å². The number of carbonyl (C=O) groups is 1. The maximum atomic E-state index is 11.6. The van der Waals surface area contributed by atoms with Crippen molar-refractivity contribution in [3.8, 4) is 0 Å². The van der Waals surface area contributed by atoms with Gasteiger partial charge in [-0.15, -0.1) is 0 Å². The smallest absolute Gasteiger partial charge is 0.291 e. The number of hydrogen-bond acceptors (Lipinski definition) is 4. The first-order valence-electron chi connectivity index (χ1n) is 5.05. The van der Waals surface area contributed by atoms with Crippen LogP contribution in [0.15, 0.2) is 40.2 Å². The second-order valence-corrected chi connectivity index (χ2v) is 3.49. The van der Waals surface area contributed by atoms with E-state index in [1.807, 2.05) is 0 Å². The lowest BCUT2D eigenvalue weighted by atomic mass is 10.3. The molecular weight excluding hydrogens is 220 g/mol. The molecule has 2 aromatic rings. The fourth-order valence-electron chi connectivity index (χ4n) is 1.27. The Morgan fingerprint density at radius 2 is 2.35 bits per heavy atom. The van der Waals surface area contributed by atoms with Gasteiger partial charge in [0.05, 0.1) is 6.26 Å². The van der Waals surface area contributed by atoms with Crippen LogP contribution in [0.4, 0.5) is 0 Å². The Labute approximate surface area is 97.9 Å². The second kappa shape index (κ2) is 4.65. The van der Waals surface area contributed by atoms with Crippen molar-refractivity contribution in [3.05, 3.63) is 42.1 Å². The van der Waals surface area contributed by atoms with Gasteiger partial charge in [-0.1, -0.05) is 0 Å². The Kier molecular flexibility index (Phi) is 3.04. The van der Waals surface area contributed by atoms with Crippen LogP contribution in [0.1, 0.15) is 23.2 Å². The number of amides is 1. The van der Waals surface area contributed by atoms with Gasteiger partial charge in [-0.25, -0.2) is 5.43 Å². The zero-order valence-electron chi connectivity index (χ0n) is 9.54. The Morgan fingerprint density at radius 1 is 1.53 bits per heavy atom. The lowest BCUT2D eigenvalue weighted by molar-refractivity contribution is 0.0949. The summed E-state index contributed by atoms with van der Waals surface area (Å²) in [5.74, 6) is 0.267. The van der Waals surface area contributed by atoms with Crippen LogP contribution in [-0.2, 0) is 7.05 Å². The molecule has 1 N–H and O–H groups in total. The molecule has 2 rings (SSSR count). The van der Waals surface area contributed by atoms with Crippen molar-refractivity contribution in [2.45, 2.75) is 6.92 Å². The lowest BCUT2D eigenvalue weighted by Gasteiger charge is -1.97. The molecule has 0 aromatic carbocycles. The Bertz CT molecular complexity index is 540. The third kappa shape index (κ3) is 2.60. The van der Waals surface area contributed by atoms with Crippen molar-refractivity contribution in [2.75, 3.05) is 0 Å². The topological polar surface area (TPSA) is 72.4 Å². The van der Waals surface area contributed by atoms with Crippen LogP contribution in [0.5, 0.6) is 0 Å². The van der Waals surface area contributed by atoms with Crippen LogP contribution >= 0.6 is 0 Å². The molecule has 0 aliphatic carbocycles. The van der Waals surface area contributed by atoms with Gasteiger partial charge in [0.1, 0.15) is 11.5 Å². The predicted octanol–water partition coefficient (Wildman–Crippen LogP) is 1.17. The molecule has 0 unspecified atom stereocenters. The van der Waals surface area contributed by atoms with E-state index in [2.05, 4.69) is 15.6 Å². The van der Waals surface area contributed by atoms with Crippen LogP contribution in [0, 0.1) is 0 Å². The summed E-state index contributed by atoms with van der Waals surface area (Å²) >= 11 is 0. The minimum absolute atomic E-state index is 0.323. The number of hydrazone groups is 1. The van der Waals surface area contributed by atoms with Crippen LogP contribution in [-0.4, -0.2) is 21.4 Å².